The highest BCUT2D eigenvalue weighted by atomic mass is 79.9. The number of hydrogen-bond donors (Lipinski definition) is 0. The predicted octanol–water partition coefficient (Wildman–Crippen LogP) is 5.38. The van der Waals surface area contributed by atoms with Gasteiger partial charge in [0.05, 0.1) is 10.5 Å². The second kappa shape index (κ2) is 9.67. The SMILES string of the molecule is O=S(=O)(c1c(Br)cc(F)cc1Br)N1CCC(N(C2CC2)S(=O)(=O)c2cccc(C(F)(F)F)c2)CC1. The zero-order valence-electron chi connectivity index (χ0n) is 18.0. The van der Waals surface area contributed by atoms with Gasteiger partial charge in [0.25, 0.3) is 0 Å². The second-order valence-electron chi connectivity index (χ2n) is 8.43. The molecule has 1 heterocycles. The van der Waals surface area contributed by atoms with E-state index in [0.717, 1.165) is 30.3 Å². The zero-order valence-corrected chi connectivity index (χ0v) is 22.8. The van der Waals surface area contributed by atoms with Crippen molar-refractivity contribution in [3.63, 3.8) is 0 Å². The number of sulfonamides is 2. The molecule has 1 saturated carbocycles. The van der Waals surface area contributed by atoms with Crippen LogP contribution in [-0.4, -0.2) is 50.6 Å². The molecule has 35 heavy (non-hydrogen) atoms. The van der Waals surface area contributed by atoms with Crippen LogP contribution in [0.2, 0.25) is 0 Å². The van der Waals surface area contributed by atoms with Gasteiger partial charge in [0, 0.05) is 34.1 Å². The van der Waals surface area contributed by atoms with Crippen LogP contribution < -0.4 is 0 Å². The van der Waals surface area contributed by atoms with E-state index >= 15 is 0 Å². The van der Waals surface area contributed by atoms with Crippen LogP contribution in [0.4, 0.5) is 17.6 Å². The van der Waals surface area contributed by atoms with Gasteiger partial charge < -0.3 is 0 Å². The molecule has 0 atom stereocenters. The van der Waals surface area contributed by atoms with Crippen LogP contribution in [0.1, 0.15) is 31.2 Å². The van der Waals surface area contributed by atoms with Gasteiger partial charge in [0.1, 0.15) is 10.7 Å². The lowest BCUT2D eigenvalue weighted by molar-refractivity contribution is -0.137. The minimum Gasteiger partial charge on any atom is -0.207 e. The first-order valence-electron chi connectivity index (χ1n) is 10.6. The van der Waals surface area contributed by atoms with Crippen LogP contribution in [0.25, 0.3) is 0 Å². The zero-order chi connectivity index (χ0) is 25.8. The Morgan fingerprint density at radius 1 is 0.886 bits per heavy atom. The quantitative estimate of drug-likeness (QED) is 0.390. The van der Waals surface area contributed by atoms with Crippen molar-refractivity contribution in [2.24, 2.45) is 0 Å². The summed E-state index contributed by atoms with van der Waals surface area (Å²) in [6.45, 7) is 0.00910. The molecule has 1 saturated heterocycles. The van der Waals surface area contributed by atoms with Crippen molar-refractivity contribution >= 4 is 51.9 Å². The van der Waals surface area contributed by atoms with Gasteiger partial charge in [-0.2, -0.15) is 21.8 Å². The molecular formula is C21H20Br2F4N2O4S2. The first-order chi connectivity index (χ1) is 16.2. The van der Waals surface area contributed by atoms with E-state index in [9.17, 15) is 34.4 Å². The van der Waals surface area contributed by atoms with Crippen LogP contribution in [0.5, 0.6) is 0 Å². The van der Waals surface area contributed by atoms with E-state index in [4.69, 9.17) is 0 Å². The first kappa shape index (κ1) is 27.0. The summed E-state index contributed by atoms with van der Waals surface area (Å²) in [4.78, 5) is -0.568. The fourth-order valence-electron chi connectivity index (χ4n) is 4.22. The van der Waals surface area contributed by atoms with Crippen LogP contribution in [0, 0.1) is 5.82 Å². The molecule has 6 nitrogen and oxygen atoms in total. The Labute approximate surface area is 217 Å². The molecule has 2 fully saturated rings. The Bertz CT molecular complexity index is 1320. The number of benzene rings is 2. The fourth-order valence-corrected chi connectivity index (χ4v) is 10.1. The van der Waals surface area contributed by atoms with Crippen molar-refractivity contribution in [1.29, 1.82) is 0 Å². The minimum atomic E-state index is -4.68. The highest BCUT2D eigenvalue weighted by Gasteiger charge is 2.45. The van der Waals surface area contributed by atoms with E-state index in [2.05, 4.69) is 31.9 Å². The Morgan fingerprint density at radius 3 is 1.94 bits per heavy atom. The maximum atomic E-state index is 13.6. The average molecular weight is 664 g/mol. The third-order valence-corrected chi connectivity index (χ3v) is 11.8. The molecule has 0 unspecified atom stereocenters. The highest BCUT2D eigenvalue weighted by molar-refractivity contribution is 9.11. The van der Waals surface area contributed by atoms with Crippen molar-refractivity contribution in [2.75, 3.05) is 13.1 Å². The normalized spacial score (nSPS) is 18.8. The van der Waals surface area contributed by atoms with Gasteiger partial charge in [-0.15, -0.1) is 0 Å². The molecule has 2 aromatic carbocycles. The summed E-state index contributed by atoms with van der Waals surface area (Å²) in [5.74, 6) is -0.624. The standard InChI is InChI=1S/C21H20Br2F4N2O4S2/c22-18-11-14(24)12-19(23)20(18)35(32,33)28-8-6-16(7-9-28)29(15-4-5-15)34(30,31)17-3-1-2-13(10-17)21(25,26)27/h1-3,10-12,15-16H,4-9H2. The van der Waals surface area contributed by atoms with Gasteiger partial charge in [0.2, 0.25) is 20.0 Å². The molecule has 0 bridgehead atoms. The molecule has 0 radical (unpaired) electrons. The van der Waals surface area contributed by atoms with Gasteiger partial charge in [-0.25, -0.2) is 21.2 Å². The Morgan fingerprint density at radius 2 is 1.43 bits per heavy atom. The molecular weight excluding hydrogens is 644 g/mol. The second-order valence-corrected chi connectivity index (χ2v) is 13.9. The monoisotopic (exact) mass is 662 g/mol. The van der Waals surface area contributed by atoms with Crippen LogP contribution in [-0.2, 0) is 26.2 Å². The van der Waals surface area contributed by atoms with E-state index in [1.807, 2.05) is 0 Å². The number of alkyl halides is 3. The van der Waals surface area contributed by atoms with E-state index in [1.54, 1.807) is 0 Å². The van der Waals surface area contributed by atoms with Crippen LogP contribution >= 0.6 is 31.9 Å². The average Bonchev–Trinajstić information content (AvgIpc) is 3.57. The number of piperidine rings is 1. The summed E-state index contributed by atoms with van der Waals surface area (Å²) in [7, 11) is -8.26. The topological polar surface area (TPSA) is 74.8 Å². The lowest BCUT2D eigenvalue weighted by Crippen LogP contribution is -2.49. The van der Waals surface area contributed by atoms with Gasteiger partial charge in [-0.1, -0.05) is 6.07 Å². The molecule has 0 spiro atoms. The van der Waals surface area contributed by atoms with E-state index < -0.39 is 48.5 Å². The molecule has 2 aliphatic rings. The number of hydrogen-bond acceptors (Lipinski definition) is 4. The smallest absolute Gasteiger partial charge is 0.207 e. The molecule has 0 amide bonds. The third-order valence-electron chi connectivity index (χ3n) is 5.99. The highest BCUT2D eigenvalue weighted by Crippen LogP contribution is 2.40. The van der Waals surface area contributed by atoms with Crippen LogP contribution in [0.15, 0.2) is 55.1 Å². The third kappa shape index (κ3) is 5.47. The summed E-state index contributed by atoms with van der Waals surface area (Å²) in [6, 6.07) is 4.85. The maximum absolute atomic E-state index is 13.6. The van der Waals surface area contributed by atoms with E-state index in [1.165, 1.54) is 8.61 Å². The van der Waals surface area contributed by atoms with Crippen LogP contribution in [0.3, 0.4) is 0 Å². The Kier molecular flexibility index (Phi) is 7.46. The first-order valence-corrected chi connectivity index (χ1v) is 15.0. The molecule has 1 aliphatic carbocycles. The van der Waals surface area contributed by atoms with E-state index in [0.29, 0.717) is 18.9 Å². The molecule has 1 aliphatic heterocycles. The van der Waals surface area contributed by atoms with Crippen molar-refractivity contribution in [3.8, 4) is 0 Å². The van der Waals surface area contributed by atoms with Crippen molar-refractivity contribution in [3.05, 3.63) is 56.7 Å². The van der Waals surface area contributed by atoms with Crippen molar-refractivity contribution < 1.29 is 34.4 Å². The largest absolute Gasteiger partial charge is 0.416 e. The molecule has 0 aromatic heterocycles. The lowest BCUT2D eigenvalue weighted by Gasteiger charge is -2.37. The summed E-state index contributed by atoms with van der Waals surface area (Å²) in [6.07, 6.45) is -3.16. The van der Waals surface area contributed by atoms with Gasteiger partial charge in [-0.3, -0.25) is 0 Å². The maximum Gasteiger partial charge on any atom is 0.416 e. The molecule has 192 valence electrons. The minimum absolute atomic E-state index is 0.00455. The molecule has 4 rings (SSSR count). The summed E-state index contributed by atoms with van der Waals surface area (Å²) in [5.41, 5.74) is -1.05. The molecule has 2 aromatic rings. The predicted molar refractivity (Wildman–Crippen MR) is 127 cm³/mol. The Balaban J connectivity index is 1.57. The summed E-state index contributed by atoms with van der Waals surface area (Å²) >= 11 is 6.18. The number of halogens is 6. The van der Waals surface area contributed by atoms with Crippen molar-refractivity contribution in [1.82, 2.24) is 8.61 Å². The van der Waals surface area contributed by atoms with Crippen molar-refractivity contribution in [2.45, 2.75) is 53.7 Å². The van der Waals surface area contributed by atoms with Gasteiger partial charge >= 0.3 is 6.18 Å². The number of nitrogens with zero attached hydrogens (tertiary/aromatic N) is 2. The Hall–Kier alpha value is -1.06. The van der Waals surface area contributed by atoms with Gasteiger partial charge in [0.15, 0.2) is 0 Å². The lowest BCUT2D eigenvalue weighted by atomic mass is 10.1. The summed E-state index contributed by atoms with van der Waals surface area (Å²) < 4.78 is 109. The van der Waals surface area contributed by atoms with Gasteiger partial charge in [-0.05, 0) is 87.9 Å². The molecule has 14 heteroatoms. The van der Waals surface area contributed by atoms with E-state index in [-0.39, 0.29) is 45.8 Å². The summed E-state index contributed by atoms with van der Waals surface area (Å²) in [5, 5.41) is 0. The fraction of sp³-hybridized carbons (Fsp3) is 0.429. The number of rotatable bonds is 6. The molecule has 0 N–H and O–H groups in total.